The fourth-order valence-corrected chi connectivity index (χ4v) is 4.08. The van der Waals surface area contributed by atoms with Crippen molar-refractivity contribution in [3.8, 4) is 21.7 Å². The minimum absolute atomic E-state index is 0.0201. The molecule has 0 spiro atoms. The van der Waals surface area contributed by atoms with Crippen molar-refractivity contribution in [2.24, 2.45) is 5.14 Å². The number of benzene rings is 2. The predicted octanol–water partition coefficient (Wildman–Crippen LogP) is 4.22. The first kappa shape index (κ1) is 21.1. The van der Waals surface area contributed by atoms with Gasteiger partial charge >= 0.3 is 5.97 Å². The van der Waals surface area contributed by atoms with Crippen LogP contribution in [0.15, 0.2) is 53.4 Å². The largest absolute Gasteiger partial charge is 0.460 e. The van der Waals surface area contributed by atoms with Crippen molar-refractivity contribution in [3.63, 3.8) is 0 Å². The van der Waals surface area contributed by atoms with Crippen LogP contribution in [0.3, 0.4) is 0 Å². The summed E-state index contributed by atoms with van der Waals surface area (Å²) >= 11 is 1.13. The summed E-state index contributed by atoms with van der Waals surface area (Å²) in [5.41, 5.74) is 1.77. The summed E-state index contributed by atoms with van der Waals surface area (Å²) in [5.74, 6) is -0.915. The number of carbonyl (C=O) groups excluding carboxylic acids is 1. The molecule has 0 saturated carbocycles. The van der Waals surface area contributed by atoms with Crippen LogP contribution >= 0.6 is 11.3 Å². The van der Waals surface area contributed by atoms with Crippen LogP contribution in [0.2, 0.25) is 0 Å². The third-order valence-electron chi connectivity index (χ3n) is 4.10. The molecule has 3 rings (SSSR count). The average molecular weight is 435 g/mol. The van der Waals surface area contributed by atoms with E-state index in [1.54, 1.807) is 24.3 Å². The van der Waals surface area contributed by atoms with Gasteiger partial charge in [-0.1, -0.05) is 25.5 Å². The van der Waals surface area contributed by atoms with E-state index in [-0.39, 0.29) is 15.7 Å². The van der Waals surface area contributed by atoms with Crippen molar-refractivity contribution in [3.05, 3.63) is 59.4 Å². The lowest BCUT2D eigenvalue weighted by molar-refractivity contribution is 0.0499. The van der Waals surface area contributed by atoms with Gasteiger partial charge in [0.15, 0.2) is 0 Å². The number of nitrogens with two attached hydrogens (primary N) is 1. The van der Waals surface area contributed by atoms with Gasteiger partial charge in [-0.15, -0.1) is 11.3 Å². The predicted molar refractivity (Wildman–Crippen MR) is 110 cm³/mol. The first-order valence-electron chi connectivity index (χ1n) is 8.86. The highest BCUT2D eigenvalue weighted by atomic mass is 32.2. The molecule has 0 amide bonds. The number of thiazole rings is 1. The molecule has 1 heterocycles. The van der Waals surface area contributed by atoms with Gasteiger partial charge in [-0.3, -0.25) is 0 Å². The molecule has 0 radical (unpaired) electrons. The van der Waals surface area contributed by atoms with Crippen LogP contribution in [-0.4, -0.2) is 26.0 Å². The van der Waals surface area contributed by atoms with Crippen LogP contribution in [0, 0.1) is 5.82 Å². The second-order valence-corrected chi connectivity index (χ2v) is 8.82. The second kappa shape index (κ2) is 8.81. The van der Waals surface area contributed by atoms with E-state index in [1.807, 2.05) is 6.92 Å². The molecule has 0 bridgehead atoms. The molecular formula is C20H19FN2O4S2. The van der Waals surface area contributed by atoms with Crippen LogP contribution in [0.1, 0.15) is 29.6 Å². The maximum Gasteiger partial charge on any atom is 0.367 e. The molecular weight excluding hydrogens is 415 g/mol. The molecule has 29 heavy (non-hydrogen) atoms. The number of hydrogen-bond acceptors (Lipinski definition) is 6. The van der Waals surface area contributed by atoms with Crippen molar-refractivity contribution in [1.82, 2.24) is 4.98 Å². The van der Waals surface area contributed by atoms with Gasteiger partial charge in [0, 0.05) is 5.56 Å². The Hall–Kier alpha value is -2.62. The minimum Gasteiger partial charge on any atom is -0.460 e. The lowest BCUT2D eigenvalue weighted by Crippen LogP contribution is -2.11. The van der Waals surface area contributed by atoms with E-state index in [1.165, 1.54) is 24.3 Å². The topological polar surface area (TPSA) is 99.3 Å². The first-order valence-corrected chi connectivity index (χ1v) is 11.2. The number of unbranched alkanes of at least 4 members (excludes halogenated alkanes) is 1. The van der Waals surface area contributed by atoms with Gasteiger partial charge in [0.1, 0.15) is 5.82 Å². The lowest BCUT2D eigenvalue weighted by Gasteiger charge is -2.04. The van der Waals surface area contributed by atoms with Gasteiger partial charge in [0.25, 0.3) is 0 Å². The van der Waals surface area contributed by atoms with Crippen molar-refractivity contribution in [2.75, 3.05) is 6.61 Å². The molecule has 1 aromatic heterocycles. The fourth-order valence-electron chi connectivity index (χ4n) is 2.57. The Kier molecular flexibility index (Phi) is 6.41. The van der Waals surface area contributed by atoms with E-state index < -0.39 is 16.0 Å². The molecule has 2 N–H and O–H groups in total. The molecule has 0 aliphatic rings. The van der Waals surface area contributed by atoms with E-state index in [4.69, 9.17) is 9.88 Å². The lowest BCUT2D eigenvalue weighted by atomic mass is 10.1. The van der Waals surface area contributed by atoms with E-state index in [0.717, 1.165) is 24.2 Å². The average Bonchev–Trinajstić information content (AvgIpc) is 3.13. The molecule has 0 saturated heterocycles. The Labute approximate surface area is 172 Å². The van der Waals surface area contributed by atoms with E-state index in [0.29, 0.717) is 28.3 Å². The van der Waals surface area contributed by atoms with Gasteiger partial charge in [-0.05, 0) is 48.4 Å². The quantitative estimate of drug-likeness (QED) is 0.443. The number of esters is 1. The number of carbonyl (C=O) groups is 1. The molecule has 3 aromatic rings. The summed E-state index contributed by atoms with van der Waals surface area (Å²) in [6, 6.07) is 11.7. The Bertz CT molecular complexity index is 1110. The smallest absolute Gasteiger partial charge is 0.367 e. The highest BCUT2D eigenvalue weighted by molar-refractivity contribution is 7.89. The van der Waals surface area contributed by atoms with Crippen LogP contribution in [0.5, 0.6) is 0 Å². The van der Waals surface area contributed by atoms with Crippen LogP contribution < -0.4 is 5.14 Å². The fraction of sp³-hybridized carbons (Fsp3) is 0.200. The molecule has 2 aromatic carbocycles. The van der Waals surface area contributed by atoms with Gasteiger partial charge < -0.3 is 4.74 Å². The summed E-state index contributed by atoms with van der Waals surface area (Å²) < 4.78 is 41.6. The maximum atomic E-state index is 13.3. The van der Waals surface area contributed by atoms with Gasteiger partial charge in [-0.2, -0.15) is 0 Å². The standard InChI is InChI=1S/C20H19FN2O4S2/c1-2-3-12-27-20(24)19-23-17(13-4-8-15(21)9-5-13)18(28-19)14-6-10-16(11-7-14)29(22,25)26/h4-11H,2-3,12H2,1H3,(H2,22,25,26). The summed E-state index contributed by atoms with van der Waals surface area (Å²) in [6.07, 6.45) is 1.65. The van der Waals surface area contributed by atoms with Crippen LogP contribution in [0.4, 0.5) is 4.39 Å². The zero-order valence-electron chi connectivity index (χ0n) is 15.6. The SMILES string of the molecule is CCCCOC(=O)c1nc(-c2ccc(F)cc2)c(-c2ccc(S(N)(=O)=O)cc2)s1. The Balaban J connectivity index is 2.04. The molecule has 0 aliphatic carbocycles. The summed E-state index contributed by atoms with van der Waals surface area (Å²) in [5, 5.41) is 5.32. The van der Waals surface area contributed by atoms with Crippen molar-refractivity contribution in [2.45, 2.75) is 24.7 Å². The number of ether oxygens (including phenoxy) is 1. The molecule has 0 fully saturated rings. The Morgan fingerprint density at radius 2 is 1.72 bits per heavy atom. The number of nitrogens with zero attached hydrogens (tertiary/aromatic N) is 1. The molecule has 0 unspecified atom stereocenters. The molecule has 0 aliphatic heterocycles. The number of hydrogen-bond donors (Lipinski definition) is 1. The third kappa shape index (κ3) is 5.06. The maximum absolute atomic E-state index is 13.3. The minimum atomic E-state index is -3.82. The number of sulfonamides is 1. The first-order chi connectivity index (χ1) is 13.8. The highest BCUT2D eigenvalue weighted by Crippen LogP contribution is 2.37. The molecule has 152 valence electrons. The van der Waals surface area contributed by atoms with E-state index in [2.05, 4.69) is 4.98 Å². The number of halogens is 1. The summed E-state index contributed by atoms with van der Waals surface area (Å²) in [7, 11) is -3.82. The summed E-state index contributed by atoms with van der Waals surface area (Å²) in [6.45, 7) is 2.30. The van der Waals surface area contributed by atoms with E-state index in [9.17, 15) is 17.6 Å². The van der Waals surface area contributed by atoms with Gasteiger partial charge in [-0.25, -0.2) is 27.7 Å². The Morgan fingerprint density at radius 1 is 1.10 bits per heavy atom. The number of primary sulfonamides is 1. The third-order valence-corrected chi connectivity index (χ3v) is 6.11. The second-order valence-electron chi connectivity index (χ2n) is 6.26. The van der Waals surface area contributed by atoms with Crippen molar-refractivity contribution < 1.29 is 22.3 Å². The molecule has 9 heteroatoms. The number of rotatable bonds is 7. The Morgan fingerprint density at radius 3 is 2.31 bits per heavy atom. The normalized spacial score (nSPS) is 11.4. The molecule has 6 nitrogen and oxygen atoms in total. The highest BCUT2D eigenvalue weighted by Gasteiger charge is 2.21. The monoisotopic (exact) mass is 434 g/mol. The molecule has 0 atom stereocenters. The summed E-state index contributed by atoms with van der Waals surface area (Å²) in [4.78, 5) is 17.4. The van der Waals surface area contributed by atoms with Crippen LogP contribution in [-0.2, 0) is 14.8 Å². The van der Waals surface area contributed by atoms with E-state index >= 15 is 0 Å². The zero-order chi connectivity index (χ0) is 21.0. The van der Waals surface area contributed by atoms with Crippen molar-refractivity contribution >= 4 is 27.3 Å². The van der Waals surface area contributed by atoms with Gasteiger partial charge in [0.2, 0.25) is 15.0 Å². The zero-order valence-corrected chi connectivity index (χ0v) is 17.2. The number of aromatic nitrogens is 1. The van der Waals surface area contributed by atoms with Crippen LogP contribution in [0.25, 0.3) is 21.7 Å². The van der Waals surface area contributed by atoms with Gasteiger partial charge in [0.05, 0.1) is 22.1 Å². The van der Waals surface area contributed by atoms with Crippen molar-refractivity contribution in [1.29, 1.82) is 0 Å².